The summed E-state index contributed by atoms with van der Waals surface area (Å²) < 4.78 is 0. The van der Waals surface area contributed by atoms with Crippen LogP contribution in [0, 0.1) is 5.92 Å². The SMILES string of the molecule is CNC(=O)C1CN(Cc2cncs2)CCN(C(C)=O)C1. The fourth-order valence-electron chi connectivity index (χ4n) is 2.42. The van der Waals surface area contributed by atoms with Gasteiger partial charge in [-0.05, 0) is 0 Å². The Morgan fingerprint density at radius 2 is 2.25 bits per heavy atom. The van der Waals surface area contributed by atoms with Crippen molar-refractivity contribution in [1.82, 2.24) is 20.1 Å². The van der Waals surface area contributed by atoms with Gasteiger partial charge in [0.25, 0.3) is 0 Å². The third-order valence-corrected chi connectivity index (χ3v) is 4.30. The Balaban J connectivity index is 2.07. The highest BCUT2D eigenvalue weighted by atomic mass is 32.1. The van der Waals surface area contributed by atoms with Crippen LogP contribution in [0.1, 0.15) is 11.8 Å². The minimum Gasteiger partial charge on any atom is -0.359 e. The monoisotopic (exact) mass is 296 g/mol. The fraction of sp³-hybridized carbons (Fsp3) is 0.615. The zero-order valence-corrected chi connectivity index (χ0v) is 12.7. The Morgan fingerprint density at radius 1 is 1.45 bits per heavy atom. The number of carbonyl (C=O) groups excluding carboxylic acids is 2. The quantitative estimate of drug-likeness (QED) is 0.863. The van der Waals surface area contributed by atoms with Crippen LogP contribution in [-0.2, 0) is 16.1 Å². The molecule has 2 amide bonds. The van der Waals surface area contributed by atoms with Crippen LogP contribution in [0.25, 0.3) is 0 Å². The Kier molecular flexibility index (Phi) is 5.08. The summed E-state index contributed by atoms with van der Waals surface area (Å²) in [5.74, 6) is -0.162. The standard InChI is InChI=1S/C13H20N4O2S/c1-10(18)17-4-3-16(8-12-5-15-9-20-12)6-11(7-17)13(19)14-2/h5,9,11H,3-4,6-8H2,1-2H3,(H,14,19). The van der Waals surface area contributed by atoms with E-state index in [0.29, 0.717) is 19.6 Å². The van der Waals surface area contributed by atoms with E-state index in [1.807, 2.05) is 11.7 Å². The van der Waals surface area contributed by atoms with Crippen LogP contribution in [0.5, 0.6) is 0 Å². The van der Waals surface area contributed by atoms with Crippen LogP contribution in [0.15, 0.2) is 11.7 Å². The first-order chi connectivity index (χ1) is 9.60. The Morgan fingerprint density at radius 3 is 2.85 bits per heavy atom. The van der Waals surface area contributed by atoms with Crippen molar-refractivity contribution in [2.45, 2.75) is 13.5 Å². The van der Waals surface area contributed by atoms with Crippen LogP contribution in [0.4, 0.5) is 0 Å². The number of amides is 2. The van der Waals surface area contributed by atoms with Gasteiger partial charge in [0.2, 0.25) is 11.8 Å². The van der Waals surface area contributed by atoms with Crippen LogP contribution in [0.2, 0.25) is 0 Å². The molecule has 1 atom stereocenters. The molecule has 110 valence electrons. The first-order valence-corrected chi connectivity index (χ1v) is 7.55. The molecule has 1 aromatic heterocycles. The van der Waals surface area contributed by atoms with Gasteiger partial charge in [-0.2, -0.15) is 0 Å². The predicted octanol–water partition coefficient (Wildman–Crippen LogP) is 0.169. The molecule has 6 nitrogen and oxygen atoms in total. The number of nitrogens with one attached hydrogen (secondary N) is 1. The molecule has 1 saturated heterocycles. The second-order valence-corrected chi connectivity index (χ2v) is 5.95. The van der Waals surface area contributed by atoms with Gasteiger partial charge in [-0.15, -0.1) is 11.3 Å². The van der Waals surface area contributed by atoms with Crippen molar-refractivity contribution >= 4 is 23.2 Å². The molecule has 0 spiro atoms. The van der Waals surface area contributed by atoms with Crippen molar-refractivity contribution < 1.29 is 9.59 Å². The van der Waals surface area contributed by atoms with Crippen molar-refractivity contribution in [3.05, 3.63) is 16.6 Å². The molecule has 20 heavy (non-hydrogen) atoms. The summed E-state index contributed by atoms with van der Waals surface area (Å²) in [6.07, 6.45) is 1.85. The van der Waals surface area contributed by atoms with Crippen LogP contribution in [-0.4, -0.2) is 59.8 Å². The molecule has 1 fully saturated rings. The van der Waals surface area contributed by atoms with Gasteiger partial charge >= 0.3 is 0 Å². The van der Waals surface area contributed by atoms with Gasteiger partial charge < -0.3 is 10.2 Å². The molecule has 0 radical (unpaired) electrons. The van der Waals surface area contributed by atoms with Gasteiger partial charge in [0.05, 0.1) is 11.4 Å². The van der Waals surface area contributed by atoms with Gasteiger partial charge in [0.1, 0.15) is 0 Å². The highest BCUT2D eigenvalue weighted by molar-refractivity contribution is 7.09. The second kappa shape index (κ2) is 6.81. The highest BCUT2D eigenvalue weighted by Crippen LogP contribution is 2.15. The molecular formula is C13H20N4O2S. The van der Waals surface area contributed by atoms with Crippen molar-refractivity contribution in [3.63, 3.8) is 0 Å². The first-order valence-electron chi connectivity index (χ1n) is 6.67. The van der Waals surface area contributed by atoms with Gasteiger partial charge in [-0.1, -0.05) is 0 Å². The molecular weight excluding hydrogens is 276 g/mol. The lowest BCUT2D eigenvalue weighted by molar-refractivity contribution is -0.130. The molecule has 0 aliphatic carbocycles. The van der Waals surface area contributed by atoms with Crippen molar-refractivity contribution in [2.24, 2.45) is 5.92 Å². The molecule has 2 heterocycles. The molecule has 7 heteroatoms. The lowest BCUT2D eigenvalue weighted by atomic mass is 10.1. The van der Waals surface area contributed by atoms with E-state index in [0.717, 1.165) is 13.1 Å². The first kappa shape index (κ1) is 14.9. The number of aromatic nitrogens is 1. The summed E-state index contributed by atoms with van der Waals surface area (Å²) >= 11 is 1.61. The van der Waals surface area contributed by atoms with E-state index in [4.69, 9.17) is 0 Å². The van der Waals surface area contributed by atoms with E-state index in [9.17, 15) is 9.59 Å². The zero-order chi connectivity index (χ0) is 14.5. The normalized spacial score (nSPS) is 20.5. The van der Waals surface area contributed by atoms with Crippen LogP contribution < -0.4 is 5.32 Å². The summed E-state index contributed by atoms with van der Waals surface area (Å²) in [7, 11) is 1.64. The van der Waals surface area contributed by atoms with Gasteiger partial charge in [-0.25, -0.2) is 0 Å². The van der Waals surface area contributed by atoms with Crippen molar-refractivity contribution in [3.8, 4) is 0 Å². The lowest BCUT2D eigenvalue weighted by Crippen LogP contribution is -2.40. The van der Waals surface area contributed by atoms with E-state index >= 15 is 0 Å². The largest absolute Gasteiger partial charge is 0.359 e. The van der Waals surface area contributed by atoms with Crippen molar-refractivity contribution in [1.29, 1.82) is 0 Å². The summed E-state index contributed by atoms with van der Waals surface area (Å²) in [6, 6.07) is 0. The minimum atomic E-state index is -0.181. The molecule has 2 rings (SSSR count). The third-order valence-electron chi connectivity index (χ3n) is 3.53. The molecule has 0 saturated carbocycles. The fourth-order valence-corrected chi connectivity index (χ4v) is 3.06. The smallest absolute Gasteiger partial charge is 0.225 e. The van der Waals surface area contributed by atoms with Crippen molar-refractivity contribution in [2.75, 3.05) is 33.2 Å². The molecule has 1 aliphatic rings. The van der Waals surface area contributed by atoms with Gasteiger partial charge in [0, 0.05) is 57.8 Å². The molecule has 0 bridgehead atoms. The maximum absolute atomic E-state index is 12.0. The number of rotatable bonds is 3. The second-order valence-electron chi connectivity index (χ2n) is 4.98. The Labute approximate surface area is 122 Å². The molecule has 1 N–H and O–H groups in total. The number of hydrogen-bond donors (Lipinski definition) is 1. The summed E-state index contributed by atoms with van der Waals surface area (Å²) in [6.45, 7) is 4.95. The maximum atomic E-state index is 12.0. The van der Waals surface area contributed by atoms with E-state index in [2.05, 4.69) is 15.2 Å². The molecule has 1 aliphatic heterocycles. The summed E-state index contributed by atoms with van der Waals surface area (Å²) in [5.41, 5.74) is 1.81. The summed E-state index contributed by atoms with van der Waals surface area (Å²) in [4.78, 5) is 32.8. The summed E-state index contributed by atoms with van der Waals surface area (Å²) in [5, 5.41) is 2.69. The Bertz CT molecular complexity index is 463. The molecule has 1 aromatic rings. The Hall–Kier alpha value is -1.47. The van der Waals surface area contributed by atoms with E-state index in [1.165, 1.54) is 4.88 Å². The van der Waals surface area contributed by atoms with Gasteiger partial charge in [0.15, 0.2) is 0 Å². The number of thiazole rings is 1. The lowest BCUT2D eigenvalue weighted by Gasteiger charge is -2.22. The van der Waals surface area contributed by atoms with Crippen LogP contribution in [0.3, 0.4) is 0 Å². The third kappa shape index (κ3) is 3.77. The van der Waals surface area contributed by atoms with E-state index in [-0.39, 0.29) is 17.7 Å². The van der Waals surface area contributed by atoms with Gasteiger partial charge in [-0.3, -0.25) is 19.5 Å². The maximum Gasteiger partial charge on any atom is 0.225 e. The van der Waals surface area contributed by atoms with E-state index < -0.39 is 0 Å². The molecule has 0 aromatic carbocycles. The topological polar surface area (TPSA) is 65.5 Å². The zero-order valence-electron chi connectivity index (χ0n) is 11.8. The average Bonchev–Trinajstić information content (AvgIpc) is 2.83. The average molecular weight is 296 g/mol. The number of hydrogen-bond acceptors (Lipinski definition) is 5. The predicted molar refractivity (Wildman–Crippen MR) is 77.2 cm³/mol. The van der Waals surface area contributed by atoms with E-state index in [1.54, 1.807) is 30.2 Å². The van der Waals surface area contributed by atoms with Crippen LogP contribution >= 0.6 is 11.3 Å². The minimum absolute atomic E-state index is 0.00699. The number of nitrogens with zero attached hydrogens (tertiary/aromatic N) is 3. The highest BCUT2D eigenvalue weighted by Gasteiger charge is 2.28. The number of carbonyl (C=O) groups is 2. The molecule has 1 unspecified atom stereocenters.